The van der Waals surface area contributed by atoms with E-state index in [2.05, 4.69) is 5.48 Å². The van der Waals surface area contributed by atoms with E-state index in [-0.39, 0.29) is 11.6 Å². The molecule has 0 radical (unpaired) electrons. The maximum atomic E-state index is 13.8. The summed E-state index contributed by atoms with van der Waals surface area (Å²) in [6.07, 6.45) is 0. The Hall–Kier alpha value is -1.91. The van der Waals surface area contributed by atoms with E-state index >= 15 is 0 Å². The van der Waals surface area contributed by atoms with Crippen molar-refractivity contribution in [2.45, 2.75) is 13.2 Å². The molecule has 0 unspecified atom stereocenters. The number of nitrogens with one attached hydrogen (secondary N) is 1. The van der Waals surface area contributed by atoms with E-state index in [0.29, 0.717) is 13.2 Å². The van der Waals surface area contributed by atoms with Crippen LogP contribution in [0.15, 0.2) is 48.5 Å². The van der Waals surface area contributed by atoms with Gasteiger partial charge in [-0.05, 0) is 23.3 Å². The second-order valence-corrected chi connectivity index (χ2v) is 4.06. The average Bonchev–Trinajstić information content (AvgIpc) is 2.45. The first-order valence-electron chi connectivity index (χ1n) is 6.00. The molecule has 2 rings (SSSR count). The minimum atomic E-state index is -0.369. The molecule has 0 bridgehead atoms. The topological polar surface area (TPSA) is 30.5 Å². The van der Waals surface area contributed by atoms with Crippen LogP contribution >= 0.6 is 0 Å². The fourth-order valence-electron chi connectivity index (χ4n) is 1.66. The Bertz CT molecular complexity index is 517. The first kappa shape index (κ1) is 13.5. The molecule has 0 aromatic heterocycles. The van der Waals surface area contributed by atoms with Crippen LogP contribution in [0.2, 0.25) is 0 Å². The molecule has 3 nitrogen and oxygen atoms in total. The van der Waals surface area contributed by atoms with Gasteiger partial charge in [0.2, 0.25) is 0 Å². The third-order valence-electron chi connectivity index (χ3n) is 2.65. The summed E-state index contributed by atoms with van der Waals surface area (Å²) in [7, 11) is 1.52. The first-order valence-corrected chi connectivity index (χ1v) is 6.00. The van der Waals surface area contributed by atoms with Gasteiger partial charge in [0, 0.05) is 6.54 Å². The molecule has 0 heterocycles. The molecule has 0 spiro atoms. The number of rotatable bonds is 6. The van der Waals surface area contributed by atoms with Crippen molar-refractivity contribution < 1.29 is 14.0 Å². The van der Waals surface area contributed by atoms with E-state index in [1.165, 1.54) is 13.2 Å². The van der Waals surface area contributed by atoms with Gasteiger partial charge in [-0.3, -0.25) is 0 Å². The van der Waals surface area contributed by atoms with Crippen molar-refractivity contribution in [3.63, 3.8) is 0 Å². The number of ether oxygens (including phenoxy) is 1. The highest BCUT2D eigenvalue weighted by atomic mass is 19.1. The van der Waals surface area contributed by atoms with Crippen molar-refractivity contribution in [2.24, 2.45) is 0 Å². The zero-order valence-electron chi connectivity index (χ0n) is 10.7. The fraction of sp³-hybridized carbons (Fsp3) is 0.200. The van der Waals surface area contributed by atoms with Crippen LogP contribution in [0.4, 0.5) is 4.39 Å². The summed E-state index contributed by atoms with van der Waals surface area (Å²) >= 11 is 0. The van der Waals surface area contributed by atoms with E-state index in [1.54, 1.807) is 12.1 Å². The Morgan fingerprint density at radius 2 is 1.84 bits per heavy atom. The number of halogens is 1. The minimum absolute atomic E-state index is 0.255. The highest BCUT2D eigenvalue weighted by Crippen LogP contribution is 2.19. The lowest BCUT2D eigenvalue weighted by Crippen LogP contribution is -2.10. The molecule has 0 amide bonds. The third-order valence-corrected chi connectivity index (χ3v) is 2.65. The van der Waals surface area contributed by atoms with Crippen molar-refractivity contribution in [2.75, 3.05) is 7.11 Å². The number of hydrogen-bond acceptors (Lipinski definition) is 3. The molecule has 0 aliphatic carbocycles. The highest BCUT2D eigenvalue weighted by molar-refractivity contribution is 5.29. The lowest BCUT2D eigenvalue weighted by atomic mass is 10.2. The standard InChI is InChI=1S/C15H16FNO2/c1-18-17-10-13-7-8-15(14(16)9-13)19-11-12-5-3-2-4-6-12/h2-9,17H,10-11H2,1H3. The lowest BCUT2D eigenvalue weighted by molar-refractivity contribution is 0.0866. The molecule has 0 aliphatic heterocycles. The molecular formula is C15H16FNO2. The smallest absolute Gasteiger partial charge is 0.165 e. The summed E-state index contributed by atoms with van der Waals surface area (Å²) in [6.45, 7) is 0.805. The monoisotopic (exact) mass is 261 g/mol. The number of benzene rings is 2. The molecule has 0 aliphatic rings. The second kappa shape index (κ2) is 6.87. The Balaban J connectivity index is 1.97. The molecule has 19 heavy (non-hydrogen) atoms. The highest BCUT2D eigenvalue weighted by Gasteiger charge is 2.05. The number of hydroxylamine groups is 1. The van der Waals surface area contributed by atoms with Gasteiger partial charge in [-0.25, -0.2) is 4.39 Å². The zero-order valence-corrected chi connectivity index (χ0v) is 10.7. The number of hydrogen-bond donors (Lipinski definition) is 1. The van der Waals surface area contributed by atoms with Gasteiger partial charge in [0.1, 0.15) is 6.61 Å². The van der Waals surface area contributed by atoms with Crippen molar-refractivity contribution in [3.05, 3.63) is 65.5 Å². The van der Waals surface area contributed by atoms with E-state index in [9.17, 15) is 4.39 Å². The van der Waals surface area contributed by atoms with Gasteiger partial charge in [-0.15, -0.1) is 0 Å². The van der Waals surface area contributed by atoms with Crippen molar-refractivity contribution in [3.8, 4) is 5.75 Å². The average molecular weight is 261 g/mol. The molecule has 100 valence electrons. The van der Waals surface area contributed by atoms with Crippen LogP contribution in [-0.2, 0) is 18.0 Å². The van der Waals surface area contributed by atoms with Gasteiger partial charge in [-0.1, -0.05) is 36.4 Å². The third kappa shape index (κ3) is 4.05. The van der Waals surface area contributed by atoms with Gasteiger partial charge < -0.3 is 9.57 Å². The van der Waals surface area contributed by atoms with Crippen LogP contribution in [0.1, 0.15) is 11.1 Å². The fourth-order valence-corrected chi connectivity index (χ4v) is 1.66. The summed E-state index contributed by atoms with van der Waals surface area (Å²) in [4.78, 5) is 4.72. The largest absolute Gasteiger partial charge is 0.486 e. The molecule has 0 fully saturated rings. The predicted octanol–water partition coefficient (Wildman–Crippen LogP) is 3.06. The van der Waals surface area contributed by atoms with Crippen molar-refractivity contribution in [1.29, 1.82) is 0 Å². The van der Waals surface area contributed by atoms with Crippen LogP contribution in [-0.4, -0.2) is 7.11 Å². The van der Waals surface area contributed by atoms with Crippen LogP contribution in [0.25, 0.3) is 0 Å². The summed E-state index contributed by atoms with van der Waals surface area (Å²) in [5, 5.41) is 0. The van der Waals surface area contributed by atoms with Gasteiger partial charge in [-0.2, -0.15) is 5.48 Å². The quantitative estimate of drug-likeness (QED) is 0.811. The predicted molar refractivity (Wildman–Crippen MR) is 71.0 cm³/mol. The van der Waals surface area contributed by atoms with E-state index in [0.717, 1.165) is 11.1 Å². The Kier molecular flexibility index (Phi) is 4.89. The van der Waals surface area contributed by atoms with Crippen LogP contribution < -0.4 is 10.2 Å². The summed E-state index contributed by atoms with van der Waals surface area (Å²) in [5.74, 6) is -0.114. The van der Waals surface area contributed by atoms with Gasteiger partial charge in [0.15, 0.2) is 11.6 Å². The van der Waals surface area contributed by atoms with Crippen LogP contribution in [0, 0.1) is 5.82 Å². The van der Waals surface area contributed by atoms with E-state index in [1.807, 2.05) is 30.3 Å². The zero-order chi connectivity index (χ0) is 13.5. The molecule has 2 aromatic carbocycles. The van der Waals surface area contributed by atoms with Gasteiger partial charge in [0.05, 0.1) is 7.11 Å². The van der Waals surface area contributed by atoms with Gasteiger partial charge >= 0.3 is 0 Å². The Morgan fingerprint density at radius 1 is 1.05 bits per heavy atom. The van der Waals surface area contributed by atoms with Crippen LogP contribution in [0.5, 0.6) is 5.75 Å². The minimum Gasteiger partial charge on any atom is -0.486 e. The first-order chi connectivity index (χ1) is 9.29. The maximum Gasteiger partial charge on any atom is 0.165 e. The summed E-state index contributed by atoms with van der Waals surface area (Å²) in [6, 6.07) is 14.5. The molecule has 0 saturated heterocycles. The molecule has 0 saturated carbocycles. The van der Waals surface area contributed by atoms with E-state index in [4.69, 9.17) is 9.57 Å². The maximum absolute atomic E-state index is 13.8. The summed E-state index contributed by atoms with van der Waals surface area (Å²) in [5.41, 5.74) is 4.47. The SMILES string of the molecule is CONCc1ccc(OCc2ccccc2)c(F)c1. The van der Waals surface area contributed by atoms with Crippen molar-refractivity contribution >= 4 is 0 Å². The normalized spacial score (nSPS) is 10.4. The Morgan fingerprint density at radius 3 is 2.53 bits per heavy atom. The lowest BCUT2D eigenvalue weighted by Gasteiger charge is -2.09. The van der Waals surface area contributed by atoms with Crippen LogP contribution in [0.3, 0.4) is 0 Å². The second-order valence-electron chi connectivity index (χ2n) is 4.06. The molecule has 0 atom stereocenters. The van der Waals surface area contributed by atoms with Gasteiger partial charge in [0.25, 0.3) is 0 Å². The molecule has 1 N–H and O–H groups in total. The molecule has 2 aromatic rings. The molecule has 4 heteroatoms. The Labute approximate surface area is 111 Å². The van der Waals surface area contributed by atoms with Crippen molar-refractivity contribution in [1.82, 2.24) is 5.48 Å². The van der Waals surface area contributed by atoms with E-state index < -0.39 is 0 Å². The summed E-state index contributed by atoms with van der Waals surface area (Å²) < 4.78 is 19.2. The molecular weight excluding hydrogens is 245 g/mol.